The standard InChI is InChI=1S/C14H24N2O3/c1-11(5-4-8-13(17)18)16-14(19)15-10-9-12-6-2-3-7-12/h6,11H,2-5,7-10H2,1H3,(H,17,18)(H2,15,16,19). The maximum atomic E-state index is 11.6. The van der Waals surface area contributed by atoms with Crippen LogP contribution in [0.2, 0.25) is 0 Å². The van der Waals surface area contributed by atoms with Gasteiger partial charge < -0.3 is 15.7 Å². The lowest BCUT2D eigenvalue weighted by Crippen LogP contribution is -2.41. The number of carbonyl (C=O) groups is 2. The summed E-state index contributed by atoms with van der Waals surface area (Å²) in [6, 6.07) is -0.161. The van der Waals surface area contributed by atoms with Crippen LogP contribution in [-0.2, 0) is 4.79 Å². The average molecular weight is 268 g/mol. The third-order valence-corrected chi connectivity index (χ3v) is 3.27. The molecule has 0 radical (unpaired) electrons. The van der Waals surface area contributed by atoms with Crippen molar-refractivity contribution in [3.05, 3.63) is 11.6 Å². The summed E-state index contributed by atoms with van der Waals surface area (Å²) in [6.45, 7) is 2.56. The van der Waals surface area contributed by atoms with Crippen LogP contribution in [0, 0.1) is 0 Å². The van der Waals surface area contributed by atoms with Gasteiger partial charge in [-0.1, -0.05) is 11.6 Å². The van der Waals surface area contributed by atoms with E-state index >= 15 is 0 Å². The molecule has 0 aliphatic heterocycles. The van der Waals surface area contributed by atoms with E-state index in [0.29, 0.717) is 19.4 Å². The number of amides is 2. The molecule has 2 amide bonds. The first kappa shape index (κ1) is 15.5. The van der Waals surface area contributed by atoms with Crippen LogP contribution in [0.1, 0.15) is 51.9 Å². The molecule has 1 aliphatic carbocycles. The third-order valence-electron chi connectivity index (χ3n) is 3.27. The van der Waals surface area contributed by atoms with Crippen LogP contribution in [0.25, 0.3) is 0 Å². The zero-order valence-corrected chi connectivity index (χ0v) is 11.6. The number of urea groups is 1. The molecule has 3 N–H and O–H groups in total. The fraction of sp³-hybridized carbons (Fsp3) is 0.714. The number of carboxylic acids is 1. The summed E-state index contributed by atoms with van der Waals surface area (Å²) in [6.07, 6.45) is 8.18. The second-order valence-electron chi connectivity index (χ2n) is 5.09. The van der Waals surface area contributed by atoms with Gasteiger partial charge in [0.15, 0.2) is 0 Å². The highest BCUT2D eigenvalue weighted by atomic mass is 16.4. The predicted octanol–water partition coefficient (Wildman–Crippen LogP) is 2.43. The number of allylic oxidation sites excluding steroid dienone is 1. The molecule has 108 valence electrons. The van der Waals surface area contributed by atoms with Crippen LogP contribution in [0.5, 0.6) is 0 Å². The molecular formula is C14H24N2O3. The molecular weight excluding hydrogens is 244 g/mol. The van der Waals surface area contributed by atoms with Crippen LogP contribution in [0.4, 0.5) is 4.79 Å². The van der Waals surface area contributed by atoms with Crippen LogP contribution < -0.4 is 10.6 Å². The molecule has 0 aromatic rings. The van der Waals surface area contributed by atoms with Crippen LogP contribution in [-0.4, -0.2) is 29.7 Å². The minimum atomic E-state index is -0.790. The molecule has 5 heteroatoms. The van der Waals surface area contributed by atoms with Gasteiger partial charge in [0.05, 0.1) is 0 Å². The summed E-state index contributed by atoms with van der Waals surface area (Å²) < 4.78 is 0. The van der Waals surface area contributed by atoms with Crippen molar-refractivity contribution < 1.29 is 14.7 Å². The van der Waals surface area contributed by atoms with Gasteiger partial charge in [0.2, 0.25) is 0 Å². The minimum absolute atomic E-state index is 0.00467. The van der Waals surface area contributed by atoms with E-state index in [9.17, 15) is 9.59 Å². The van der Waals surface area contributed by atoms with Gasteiger partial charge >= 0.3 is 12.0 Å². The molecule has 1 atom stereocenters. The zero-order chi connectivity index (χ0) is 14.1. The average Bonchev–Trinajstić information content (AvgIpc) is 2.81. The summed E-state index contributed by atoms with van der Waals surface area (Å²) in [5.41, 5.74) is 1.44. The molecule has 19 heavy (non-hydrogen) atoms. The van der Waals surface area contributed by atoms with Crippen molar-refractivity contribution in [2.24, 2.45) is 0 Å². The van der Waals surface area contributed by atoms with E-state index in [1.807, 2.05) is 6.92 Å². The van der Waals surface area contributed by atoms with Gasteiger partial charge in [-0.05, 0) is 45.4 Å². The van der Waals surface area contributed by atoms with Gasteiger partial charge in [-0.15, -0.1) is 0 Å². The van der Waals surface area contributed by atoms with Gasteiger partial charge in [0.25, 0.3) is 0 Å². The zero-order valence-electron chi connectivity index (χ0n) is 11.6. The number of hydrogen-bond acceptors (Lipinski definition) is 2. The number of nitrogens with one attached hydrogen (secondary N) is 2. The van der Waals surface area contributed by atoms with Crippen molar-refractivity contribution in [1.82, 2.24) is 10.6 Å². The molecule has 0 aromatic carbocycles. The van der Waals surface area contributed by atoms with Crippen LogP contribution in [0.15, 0.2) is 11.6 Å². The second kappa shape index (κ2) is 8.56. The molecule has 0 aromatic heterocycles. The Morgan fingerprint density at radius 1 is 1.47 bits per heavy atom. The van der Waals surface area contributed by atoms with E-state index in [1.165, 1.54) is 18.4 Å². The highest BCUT2D eigenvalue weighted by Gasteiger charge is 2.08. The topological polar surface area (TPSA) is 78.4 Å². The maximum Gasteiger partial charge on any atom is 0.315 e. The SMILES string of the molecule is CC(CCCC(=O)O)NC(=O)NCCC1=CCCC1. The van der Waals surface area contributed by atoms with Crippen molar-refractivity contribution in [3.8, 4) is 0 Å². The van der Waals surface area contributed by atoms with E-state index in [2.05, 4.69) is 16.7 Å². The van der Waals surface area contributed by atoms with Crippen molar-refractivity contribution in [3.63, 3.8) is 0 Å². The Kier molecular flexibility index (Phi) is 7.00. The number of hydrogen-bond donors (Lipinski definition) is 3. The van der Waals surface area contributed by atoms with Gasteiger partial charge in [0.1, 0.15) is 0 Å². The smallest absolute Gasteiger partial charge is 0.315 e. The summed E-state index contributed by atoms with van der Waals surface area (Å²) in [4.78, 5) is 21.9. The van der Waals surface area contributed by atoms with E-state index in [0.717, 1.165) is 12.8 Å². The fourth-order valence-corrected chi connectivity index (χ4v) is 2.21. The Labute approximate surface area is 114 Å². The van der Waals surface area contributed by atoms with E-state index in [1.54, 1.807) is 0 Å². The number of carbonyl (C=O) groups excluding carboxylic acids is 1. The number of aliphatic carboxylic acids is 1. The van der Waals surface area contributed by atoms with E-state index in [-0.39, 0.29) is 18.5 Å². The largest absolute Gasteiger partial charge is 0.481 e. The molecule has 0 fully saturated rings. The molecule has 1 aliphatic rings. The predicted molar refractivity (Wildman–Crippen MR) is 74.0 cm³/mol. The lowest BCUT2D eigenvalue weighted by molar-refractivity contribution is -0.137. The maximum absolute atomic E-state index is 11.6. The van der Waals surface area contributed by atoms with Gasteiger partial charge in [-0.2, -0.15) is 0 Å². The number of carboxylic acid groups (broad SMARTS) is 1. The summed E-state index contributed by atoms with van der Waals surface area (Å²) in [5.74, 6) is -0.790. The first-order chi connectivity index (χ1) is 9.08. The van der Waals surface area contributed by atoms with Crippen molar-refractivity contribution in [1.29, 1.82) is 0 Å². The quantitative estimate of drug-likeness (QED) is 0.592. The lowest BCUT2D eigenvalue weighted by atomic mass is 10.1. The first-order valence-corrected chi connectivity index (χ1v) is 7.02. The van der Waals surface area contributed by atoms with Gasteiger partial charge in [0, 0.05) is 19.0 Å². The molecule has 0 heterocycles. The normalized spacial score (nSPS) is 15.7. The Morgan fingerprint density at radius 2 is 2.26 bits per heavy atom. The van der Waals surface area contributed by atoms with E-state index in [4.69, 9.17) is 5.11 Å². The van der Waals surface area contributed by atoms with Crippen molar-refractivity contribution in [2.75, 3.05) is 6.54 Å². The molecule has 0 saturated carbocycles. The van der Waals surface area contributed by atoms with Crippen LogP contribution >= 0.6 is 0 Å². The molecule has 1 unspecified atom stereocenters. The minimum Gasteiger partial charge on any atom is -0.481 e. The highest BCUT2D eigenvalue weighted by Crippen LogP contribution is 2.19. The Balaban J connectivity index is 2.04. The molecule has 1 rings (SSSR count). The Morgan fingerprint density at radius 3 is 2.89 bits per heavy atom. The monoisotopic (exact) mass is 268 g/mol. The Hall–Kier alpha value is -1.52. The second-order valence-corrected chi connectivity index (χ2v) is 5.09. The molecule has 5 nitrogen and oxygen atoms in total. The lowest BCUT2D eigenvalue weighted by Gasteiger charge is -2.14. The molecule has 0 spiro atoms. The summed E-state index contributed by atoms with van der Waals surface area (Å²) >= 11 is 0. The third kappa shape index (κ3) is 7.49. The Bertz CT molecular complexity index is 340. The van der Waals surface area contributed by atoms with Crippen molar-refractivity contribution in [2.45, 2.75) is 57.9 Å². The molecule has 0 bridgehead atoms. The van der Waals surface area contributed by atoms with Gasteiger partial charge in [-0.25, -0.2) is 4.79 Å². The first-order valence-electron chi connectivity index (χ1n) is 7.02. The highest BCUT2D eigenvalue weighted by molar-refractivity contribution is 5.74. The number of rotatable bonds is 8. The van der Waals surface area contributed by atoms with Crippen LogP contribution in [0.3, 0.4) is 0 Å². The van der Waals surface area contributed by atoms with Gasteiger partial charge in [-0.3, -0.25) is 4.79 Å². The van der Waals surface area contributed by atoms with Crippen molar-refractivity contribution >= 4 is 12.0 Å². The van der Waals surface area contributed by atoms with E-state index < -0.39 is 5.97 Å². The fourth-order valence-electron chi connectivity index (χ4n) is 2.21. The molecule has 0 saturated heterocycles. The summed E-state index contributed by atoms with van der Waals surface area (Å²) in [5, 5.41) is 14.2. The summed E-state index contributed by atoms with van der Waals surface area (Å²) in [7, 11) is 0.